The molecule has 0 saturated carbocycles. The van der Waals surface area contributed by atoms with Crippen LogP contribution in [0.25, 0.3) is 0 Å². The Balaban J connectivity index is 2.46. The number of amides is 2. The van der Waals surface area contributed by atoms with Gasteiger partial charge in [0.2, 0.25) is 11.8 Å². The van der Waals surface area contributed by atoms with Crippen molar-refractivity contribution < 1.29 is 18.0 Å². The molecule has 8 nitrogen and oxygen atoms in total. The summed E-state index contributed by atoms with van der Waals surface area (Å²) in [5.41, 5.74) is 2.31. The number of hydrogen-bond donors (Lipinski definition) is 1. The predicted octanol–water partition coefficient (Wildman–Crippen LogP) is 2.94. The Labute approximate surface area is 203 Å². The average Bonchev–Trinajstić information content (AvgIpc) is 2.78. The van der Waals surface area contributed by atoms with Gasteiger partial charge in [-0.3, -0.25) is 9.59 Å². The van der Waals surface area contributed by atoms with E-state index in [1.54, 1.807) is 30.3 Å². The van der Waals surface area contributed by atoms with Crippen LogP contribution >= 0.6 is 0 Å². The molecule has 0 aliphatic rings. The lowest BCUT2D eigenvalue weighted by molar-refractivity contribution is -0.140. The summed E-state index contributed by atoms with van der Waals surface area (Å²) in [7, 11) is -1.11. The monoisotopic (exact) mass is 488 g/mol. The summed E-state index contributed by atoms with van der Waals surface area (Å²) in [4.78, 5) is 28.1. The van der Waals surface area contributed by atoms with Crippen LogP contribution in [0, 0.1) is 6.92 Å². The Kier molecular flexibility index (Phi) is 9.64. The molecule has 0 spiro atoms. The quantitative estimate of drug-likeness (QED) is 0.527. The van der Waals surface area contributed by atoms with Crippen molar-refractivity contribution in [3.8, 4) is 0 Å². The smallest absolute Gasteiger partial charge is 0.304 e. The average molecular weight is 489 g/mol. The topological polar surface area (TPSA) is 90.0 Å². The fraction of sp³-hybridized carbons (Fsp3) is 0.440. The van der Waals surface area contributed by atoms with Gasteiger partial charge in [-0.25, -0.2) is 4.31 Å². The molecule has 0 aromatic heterocycles. The fourth-order valence-corrected chi connectivity index (χ4v) is 4.56. The van der Waals surface area contributed by atoms with E-state index in [0.717, 1.165) is 19.7 Å². The summed E-state index contributed by atoms with van der Waals surface area (Å²) in [6.45, 7) is 7.29. The van der Waals surface area contributed by atoms with Gasteiger partial charge >= 0.3 is 10.2 Å². The molecule has 0 unspecified atom stereocenters. The fourth-order valence-electron chi connectivity index (χ4n) is 3.50. The summed E-state index contributed by atoms with van der Waals surface area (Å²) in [6.07, 6.45) is 0.391. The van der Waals surface area contributed by atoms with Gasteiger partial charge in [-0.2, -0.15) is 12.7 Å². The lowest BCUT2D eigenvalue weighted by Gasteiger charge is -2.34. The van der Waals surface area contributed by atoms with Gasteiger partial charge in [-0.1, -0.05) is 55.0 Å². The summed E-state index contributed by atoms with van der Waals surface area (Å²) < 4.78 is 28.4. The number of hydrogen-bond acceptors (Lipinski definition) is 4. The molecule has 0 fully saturated rings. The molecule has 186 valence electrons. The van der Waals surface area contributed by atoms with E-state index in [0.29, 0.717) is 12.1 Å². The third-order valence-electron chi connectivity index (χ3n) is 5.35. The second kappa shape index (κ2) is 12.0. The van der Waals surface area contributed by atoms with E-state index in [4.69, 9.17) is 0 Å². The maximum absolute atomic E-state index is 13.7. The minimum Gasteiger partial charge on any atom is -0.352 e. The van der Waals surface area contributed by atoms with Gasteiger partial charge in [-0.05, 0) is 44.9 Å². The number of carbonyl (C=O) groups excluding carboxylic acids is 2. The van der Waals surface area contributed by atoms with Crippen LogP contribution in [0.15, 0.2) is 54.6 Å². The standard InChI is InChI=1S/C25H36N4O4S/c1-7-23(25(31)26-19(2)3)28(17-21-15-13-20(4)14-16-21)24(30)18-29(34(32,33)27(5)6)22-11-9-8-10-12-22/h8-16,19,23H,7,17-18H2,1-6H3,(H,26,31)/t23-/m0/s1. The zero-order chi connectivity index (χ0) is 25.5. The number of aryl methyl sites for hydroxylation is 1. The third kappa shape index (κ3) is 7.04. The molecule has 1 atom stereocenters. The lowest BCUT2D eigenvalue weighted by Crippen LogP contribution is -2.54. The normalized spacial score (nSPS) is 12.5. The summed E-state index contributed by atoms with van der Waals surface area (Å²) in [5.74, 6) is -0.722. The van der Waals surface area contributed by atoms with Gasteiger partial charge in [0, 0.05) is 26.7 Å². The molecular formula is C25H36N4O4S. The van der Waals surface area contributed by atoms with Crippen molar-refractivity contribution in [3.05, 3.63) is 65.7 Å². The van der Waals surface area contributed by atoms with E-state index in [-0.39, 0.29) is 18.5 Å². The van der Waals surface area contributed by atoms with Crippen LogP contribution in [-0.4, -0.2) is 62.2 Å². The van der Waals surface area contributed by atoms with Crippen LogP contribution in [0.2, 0.25) is 0 Å². The molecule has 2 aromatic rings. The number of rotatable bonds is 11. The van der Waals surface area contributed by atoms with Gasteiger partial charge in [0.05, 0.1) is 5.69 Å². The highest BCUT2D eigenvalue weighted by Gasteiger charge is 2.33. The van der Waals surface area contributed by atoms with Crippen molar-refractivity contribution in [1.29, 1.82) is 0 Å². The predicted molar refractivity (Wildman–Crippen MR) is 135 cm³/mol. The van der Waals surface area contributed by atoms with Crippen molar-refractivity contribution in [2.24, 2.45) is 0 Å². The van der Waals surface area contributed by atoms with Gasteiger partial charge in [0.15, 0.2) is 0 Å². The molecule has 0 heterocycles. The molecule has 0 saturated heterocycles. The Bertz CT molecular complexity index is 1050. The Hall–Kier alpha value is -2.91. The highest BCUT2D eigenvalue weighted by atomic mass is 32.2. The maximum atomic E-state index is 13.7. The molecule has 0 bridgehead atoms. The van der Waals surface area contributed by atoms with Gasteiger partial charge in [-0.15, -0.1) is 0 Å². The Morgan fingerprint density at radius 1 is 0.971 bits per heavy atom. The van der Waals surface area contributed by atoms with Crippen molar-refractivity contribution in [1.82, 2.24) is 14.5 Å². The minimum absolute atomic E-state index is 0.0900. The first-order chi connectivity index (χ1) is 16.0. The largest absolute Gasteiger partial charge is 0.352 e. The van der Waals surface area contributed by atoms with Crippen molar-refractivity contribution in [2.75, 3.05) is 24.9 Å². The molecule has 2 rings (SSSR count). The minimum atomic E-state index is -3.95. The van der Waals surface area contributed by atoms with Crippen molar-refractivity contribution >= 4 is 27.7 Å². The molecular weight excluding hydrogens is 452 g/mol. The van der Waals surface area contributed by atoms with E-state index < -0.39 is 28.7 Å². The number of benzene rings is 2. The molecule has 0 radical (unpaired) electrons. The van der Waals surface area contributed by atoms with E-state index in [9.17, 15) is 18.0 Å². The highest BCUT2D eigenvalue weighted by molar-refractivity contribution is 7.90. The zero-order valence-electron chi connectivity index (χ0n) is 20.9. The SMILES string of the molecule is CC[C@@H](C(=O)NC(C)C)N(Cc1ccc(C)cc1)C(=O)CN(c1ccccc1)S(=O)(=O)N(C)C. The lowest BCUT2D eigenvalue weighted by atomic mass is 10.1. The van der Waals surface area contributed by atoms with Crippen LogP contribution in [0.3, 0.4) is 0 Å². The molecule has 0 aliphatic carbocycles. The third-order valence-corrected chi connectivity index (χ3v) is 7.17. The number of nitrogens with zero attached hydrogens (tertiary/aromatic N) is 3. The van der Waals surface area contributed by atoms with Crippen LogP contribution in [0.5, 0.6) is 0 Å². The summed E-state index contributed by atoms with van der Waals surface area (Å²) in [6, 6.07) is 15.4. The second-order valence-corrected chi connectivity index (χ2v) is 10.8. The first-order valence-electron chi connectivity index (χ1n) is 11.4. The zero-order valence-corrected chi connectivity index (χ0v) is 21.7. The Morgan fingerprint density at radius 3 is 2.06 bits per heavy atom. The second-order valence-electron chi connectivity index (χ2n) is 8.73. The highest BCUT2D eigenvalue weighted by Crippen LogP contribution is 2.21. The first kappa shape index (κ1) is 27.3. The first-order valence-corrected chi connectivity index (χ1v) is 12.8. The van der Waals surface area contributed by atoms with Gasteiger partial charge in [0.25, 0.3) is 0 Å². The molecule has 2 amide bonds. The van der Waals surface area contributed by atoms with Crippen molar-refractivity contribution in [2.45, 2.75) is 52.7 Å². The van der Waals surface area contributed by atoms with Crippen LogP contribution in [0.1, 0.15) is 38.3 Å². The summed E-state index contributed by atoms with van der Waals surface area (Å²) >= 11 is 0. The van der Waals surface area contributed by atoms with Crippen LogP contribution in [-0.2, 0) is 26.3 Å². The van der Waals surface area contributed by atoms with E-state index in [2.05, 4.69) is 5.32 Å². The molecule has 9 heteroatoms. The van der Waals surface area contributed by atoms with Crippen LogP contribution in [0.4, 0.5) is 5.69 Å². The van der Waals surface area contributed by atoms with E-state index in [1.807, 2.05) is 52.0 Å². The van der Waals surface area contributed by atoms with Crippen molar-refractivity contribution in [3.63, 3.8) is 0 Å². The molecule has 2 aromatic carbocycles. The number of carbonyl (C=O) groups is 2. The van der Waals surface area contributed by atoms with E-state index in [1.165, 1.54) is 19.0 Å². The van der Waals surface area contributed by atoms with Crippen LogP contribution < -0.4 is 9.62 Å². The maximum Gasteiger partial charge on any atom is 0.304 e. The number of nitrogens with one attached hydrogen (secondary N) is 1. The number of para-hydroxylation sites is 1. The molecule has 1 N–H and O–H groups in total. The molecule has 34 heavy (non-hydrogen) atoms. The molecule has 0 aliphatic heterocycles. The van der Waals surface area contributed by atoms with E-state index >= 15 is 0 Å². The summed E-state index contributed by atoms with van der Waals surface area (Å²) in [5, 5.41) is 2.88. The van der Waals surface area contributed by atoms with Gasteiger partial charge in [0.1, 0.15) is 12.6 Å². The number of anilines is 1. The van der Waals surface area contributed by atoms with Gasteiger partial charge < -0.3 is 10.2 Å². The Morgan fingerprint density at radius 2 is 1.56 bits per heavy atom.